The molecule has 0 aliphatic heterocycles. The van der Waals surface area contributed by atoms with E-state index in [4.69, 9.17) is 5.41 Å². The SMILES string of the molecule is CC(C)(C)C(Nc1[nH]c(=O)[nH]c(=O)c1C(=N)CC(F)(F)F)c1ccc(C(F)(F)F)c(F)c1. The third-order valence-electron chi connectivity index (χ3n) is 4.41. The van der Waals surface area contributed by atoms with Crippen LogP contribution in [0.3, 0.4) is 0 Å². The van der Waals surface area contributed by atoms with Crippen LogP contribution in [0.5, 0.6) is 0 Å². The van der Waals surface area contributed by atoms with Crippen molar-refractivity contribution in [3.8, 4) is 0 Å². The molecule has 4 N–H and O–H groups in total. The summed E-state index contributed by atoms with van der Waals surface area (Å²) in [5.41, 5.74) is -6.74. The van der Waals surface area contributed by atoms with Gasteiger partial charge in [-0.1, -0.05) is 26.8 Å². The normalized spacial score (nSPS) is 13.7. The molecule has 0 saturated heterocycles. The highest BCUT2D eigenvalue weighted by molar-refractivity contribution is 6.02. The molecule has 1 heterocycles. The predicted molar refractivity (Wildman–Crippen MR) is 102 cm³/mol. The Labute approximate surface area is 176 Å². The van der Waals surface area contributed by atoms with Crippen molar-refractivity contribution in [1.29, 1.82) is 5.41 Å². The molecule has 0 fully saturated rings. The van der Waals surface area contributed by atoms with Crippen LogP contribution in [-0.2, 0) is 6.18 Å². The monoisotopic (exact) mass is 468 g/mol. The van der Waals surface area contributed by atoms with Crippen molar-refractivity contribution in [3.05, 3.63) is 61.5 Å². The van der Waals surface area contributed by atoms with Gasteiger partial charge in [-0.15, -0.1) is 0 Å². The maximum atomic E-state index is 14.1. The van der Waals surface area contributed by atoms with Crippen LogP contribution < -0.4 is 16.6 Å². The van der Waals surface area contributed by atoms with E-state index in [1.807, 2.05) is 0 Å². The molecule has 13 heteroatoms. The van der Waals surface area contributed by atoms with E-state index in [9.17, 15) is 40.3 Å². The number of alkyl halides is 6. The molecular weight excluding hydrogens is 449 g/mol. The second-order valence-electron chi connectivity index (χ2n) is 8.11. The van der Waals surface area contributed by atoms with E-state index in [0.29, 0.717) is 12.1 Å². The Kier molecular flexibility index (Phi) is 6.62. The number of aromatic amines is 2. The van der Waals surface area contributed by atoms with Gasteiger partial charge in [0, 0.05) is 0 Å². The number of anilines is 1. The van der Waals surface area contributed by atoms with E-state index in [-0.39, 0.29) is 5.56 Å². The van der Waals surface area contributed by atoms with Crippen LogP contribution in [0.25, 0.3) is 0 Å². The molecule has 176 valence electrons. The summed E-state index contributed by atoms with van der Waals surface area (Å²) in [6.45, 7) is 4.77. The molecule has 2 rings (SSSR count). The molecule has 2 aromatic rings. The Morgan fingerprint density at radius 3 is 2.12 bits per heavy atom. The first kappa shape index (κ1) is 25.1. The number of halogens is 7. The van der Waals surface area contributed by atoms with Gasteiger partial charge in [-0.3, -0.25) is 14.8 Å². The second kappa shape index (κ2) is 8.43. The molecule has 1 aromatic heterocycles. The number of benzene rings is 1. The third kappa shape index (κ3) is 5.98. The number of aromatic nitrogens is 2. The van der Waals surface area contributed by atoms with Crippen molar-refractivity contribution >= 4 is 11.5 Å². The second-order valence-corrected chi connectivity index (χ2v) is 8.11. The number of rotatable bonds is 5. The average Bonchev–Trinajstić information content (AvgIpc) is 2.55. The van der Waals surface area contributed by atoms with E-state index >= 15 is 0 Å². The van der Waals surface area contributed by atoms with Crippen molar-refractivity contribution in [2.45, 2.75) is 45.6 Å². The fraction of sp³-hybridized carbons (Fsp3) is 0.421. The van der Waals surface area contributed by atoms with Crippen LogP contribution in [0, 0.1) is 16.6 Å². The van der Waals surface area contributed by atoms with Gasteiger partial charge in [0.2, 0.25) is 0 Å². The molecule has 0 aliphatic rings. The number of hydrogen-bond donors (Lipinski definition) is 4. The minimum atomic E-state index is -4.94. The summed E-state index contributed by atoms with van der Waals surface area (Å²) >= 11 is 0. The summed E-state index contributed by atoms with van der Waals surface area (Å²) in [5, 5.41) is 10.3. The highest BCUT2D eigenvalue weighted by Gasteiger charge is 2.36. The molecule has 0 saturated carbocycles. The molecule has 0 radical (unpaired) electrons. The zero-order valence-corrected chi connectivity index (χ0v) is 17.0. The van der Waals surface area contributed by atoms with Crippen LogP contribution in [-0.4, -0.2) is 21.9 Å². The lowest BCUT2D eigenvalue weighted by Crippen LogP contribution is -2.34. The Balaban J connectivity index is 2.61. The Morgan fingerprint density at radius 2 is 1.66 bits per heavy atom. The van der Waals surface area contributed by atoms with Gasteiger partial charge in [0.05, 0.1) is 23.7 Å². The summed E-state index contributed by atoms with van der Waals surface area (Å²) in [6, 6.07) is 1.02. The summed E-state index contributed by atoms with van der Waals surface area (Å²) in [5.74, 6) is -2.12. The van der Waals surface area contributed by atoms with Crippen molar-refractivity contribution < 1.29 is 30.7 Å². The van der Waals surface area contributed by atoms with Crippen LogP contribution >= 0.6 is 0 Å². The fourth-order valence-electron chi connectivity index (χ4n) is 3.06. The van der Waals surface area contributed by atoms with Gasteiger partial charge >= 0.3 is 18.0 Å². The summed E-state index contributed by atoms with van der Waals surface area (Å²) in [4.78, 5) is 27.7. The predicted octanol–water partition coefficient (Wildman–Crippen LogP) is 4.74. The van der Waals surface area contributed by atoms with Crippen LogP contribution in [0.2, 0.25) is 0 Å². The van der Waals surface area contributed by atoms with E-state index in [1.165, 1.54) is 0 Å². The Hall–Kier alpha value is -3.12. The molecule has 0 bridgehead atoms. The van der Waals surface area contributed by atoms with Crippen molar-refractivity contribution in [2.75, 3.05) is 5.32 Å². The third-order valence-corrected chi connectivity index (χ3v) is 4.41. The van der Waals surface area contributed by atoms with Crippen molar-refractivity contribution in [3.63, 3.8) is 0 Å². The highest BCUT2D eigenvalue weighted by Crippen LogP contribution is 2.38. The van der Waals surface area contributed by atoms with E-state index in [0.717, 1.165) is 6.07 Å². The maximum absolute atomic E-state index is 14.1. The lowest BCUT2D eigenvalue weighted by Gasteiger charge is -2.33. The molecule has 1 atom stereocenters. The quantitative estimate of drug-likeness (QED) is 0.377. The van der Waals surface area contributed by atoms with Gasteiger partial charge < -0.3 is 10.7 Å². The van der Waals surface area contributed by atoms with E-state index in [2.05, 4.69) is 10.3 Å². The first-order valence-corrected chi connectivity index (χ1v) is 9.04. The van der Waals surface area contributed by atoms with Gasteiger partial charge in [-0.05, 0) is 23.1 Å². The minimum Gasteiger partial charge on any atom is -0.363 e. The minimum absolute atomic E-state index is 0.0302. The van der Waals surface area contributed by atoms with Gasteiger partial charge in [-0.2, -0.15) is 26.3 Å². The molecule has 1 unspecified atom stereocenters. The van der Waals surface area contributed by atoms with E-state index in [1.54, 1.807) is 25.8 Å². The number of H-pyrrole nitrogens is 2. The number of nitrogens with one attached hydrogen (secondary N) is 4. The zero-order valence-electron chi connectivity index (χ0n) is 17.0. The first-order valence-electron chi connectivity index (χ1n) is 9.04. The van der Waals surface area contributed by atoms with Gasteiger partial charge in [0.25, 0.3) is 5.56 Å². The average molecular weight is 468 g/mol. The maximum Gasteiger partial charge on any atom is 0.419 e. The summed E-state index contributed by atoms with van der Waals surface area (Å²) < 4.78 is 91.0. The van der Waals surface area contributed by atoms with Gasteiger partial charge in [0.15, 0.2) is 0 Å². The van der Waals surface area contributed by atoms with Crippen LogP contribution in [0.1, 0.15) is 49.9 Å². The Morgan fingerprint density at radius 1 is 1.06 bits per heavy atom. The molecular formula is C19H19F7N4O2. The van der Waals surface area contributed by atoms with Crippen LogP contribution in [0.4, 0.5) is 36.6 Å². The van der Waals surface area contributed by atoms with Gasteiger partial charge in [-0.25, -0.2) is 9.18 Å². The zero-order chi connectivity index (χ0) is 24.6. The standard InChI is InChI=1S/C19H19F7N4O2/c1-17(2,3)13(8-4-5-9(10(20)6-8)19(24,25)26)28-14-12(11(27)7-18(21,22)23)15(31)30-16(32)29-14/h4-6,13,27H,7H2,1-3H3,(H3,28,29,30,31,32). The molecule has 0 aliphatic carbocycles. The lowest BCUT2D eigenvalue weighted by atomic mass is 9.82. The molecule has 6 nitrogen and oxygen atoms in total. The first-order chi connectivity index (χ1) is 14.4. The smallest absolute Gasteiger partial charge is 0.363 e. The Bertz CT molecular complexity index is 1120. The summed E-state index contributed by atoms with van der Waals surface area (Å²) in [6.07, 6.45) is -11.5. The lowest BCUT2D eigenvalue weighted by molar-refractivity contribution is -0.140. The summed E-state index contributed by atoms with van der Waals surface area (Å²) in [7, 11) is 0. The van der Waals surface area contributed by atoms with Crippen molar-refractivity contribution in [1.82, 2.24) is 9.97 Å². The fourth-order valence-corrected chi connectivity index (χ4v) is 3.06. The molecule has 1 aromatic carbocycles. The topological polar surface area (TPSA) is 102 Å². The van der Waals surface area contributed by atoms with Crippen molar-refractivity contribution in [2.24, 2.45) is 5.41 Å². The molecule has 32 heavy (non-hydrogen) atoms. The molecule has 0 spiro atoms. The number of hydrogen-bond acceptors (Lipinski definition) is 4. The molecule has 0 amide bonds. The van der Waals surface area contributed by atoms with Gasteiger partial charge in [0.1, 0.15) is 17.2 Å². The van der Waals surface area contributed by atoms with E-state index < -0.39 is 70.0 Å². The largest absolute Gasteiger partial charge is 0.419 e. The highest BCUT2D eigenvalue weighted by atomic mass is 19.4. The van der Waals surface area contributed by atoms with Crippen LogP contribution in [0.15, 0.2) is 27.8 Å².